The predicted molar refractivity (Wildman–Crippen MR) is 77.2 cm³/mol. The maximum atomic E-state index is 12.8. The molecule has 5 nitrogen and oxygen atoms in total. The first-order valence-corrected chi connectivity index (χ1v) is 8.89. The molecule has 1 aliphatic carbocycles. The Kier molecular flexibility index (Phi) is 5.22. The lowest BCUT2D eigenvalue weighted by atomic mass is 10.1. The molecule has 0 bridgehead atoms. The van der Waals surface area contributed by atoms with Crippen molar-refractivity contribution >= 4 is 10.2 Å². The lowest BCUT2D eigenvalue weighted by molar-refractivity contribution is 0.323. The van der Waals surface area contributed by atoms with Gasteiger partial charge in [0.1, 0.15) is 0 Å². The Labute approximate surface area is 117 Å². The van der Waals surface area contributed by atoms with Gasteiger partial charge in [0, 0.05) is 32.2 Å². The van der Waals surface area contributed by atoms with Gasteiger partial charge in [0.2, 0.25) is 0 Å². The van der Waals surface area contributed by atoms with Crippen LogP contribution in [0.25, 0.3) is 0 Å². The highest BCUT2D eigenvalue weighted by atomic mass is 32.2. The van der Waals surface area contributed by atoms with Gasteiger partial charge in [0.15, 0.2) is 0 Å². The zero-order valence-corrected chi connectivity index (χ0v) is 13.0. The van der Waals surface area contributed by atoms with Crippen LogP contribution in [0, 0.1) is 5.92 Å². The maximum Gasteiger partial charge on any atom is 0.282 e. The Balaban J connectivity index is 2.04. The average molecular weight is 289 g/mol. The molecule has 0 radical (unpaired) electrons. The molecule has 1 saturated carbocycles. The molecule has 0 aromatic carbocycles. The third-order valence-electron chi connectivity index (χ3n) is 3.80. The zero-order chi connectivity index (χ0) is 13.9. The number of nitrogens with one attached hydrogen (secondary N) is 1. The third-order valence-corrected chi connectivity index (χ3v) is 5.89. The summed E-state index contributed by atoms with van der Waals surface area (Å²) < 4.78 is 28.9. The van der Waals surface area contributed by atoms with Crippen molar-refractivity contribution in [3.05, 3.63) is 0 Å². The van der Waals surface area contributed by atoms with Gasteiger partial charge in [-0.05, 0) is 38.1 Å². The van der Waals surface area contributed by atoms with Crippen molar-refractivity contribution in [1.29, 1.82) is 0 Å². The van der Waals surface area contributed by atoms with Gasteiger partial charge >= 0.3 is 0 Å². The molecule has 0 aromatic rings. The van der Waals surface area contributed by atoms with Crippen molar-refractivity contribution in [2.24, 2.45) is 5.92 Å². The van der Waals surface area contributed by atoms with E-state index in [1.165, 1.54) is 0 Å². The van der Waals surface area contributed by atoms with E-state index in [2.05, 4.69) is 19.2 Å². The molecule has 1 heterocycles. The normalized spacial score (nSPS) is 22.9. The molecule has 2 rings (SSSR count). The lowest BCUT2D eigenvalue weighted by Gasteiger charge is -2.29. The molecule has 2 aliphatic rings. The highest BCUT2D eigenvalue weighted by Crippen LogP contribution is 2.31. The second-order valence-corrected chi connectivity index (χ2v) is 7.92. The largest absolute Gasteiger partial charge is 0.315 e. The quantitative estimate of drug-likeness (QED) is 0.795. The molecule has 0 aromatic heterocycles. The van der Waals surface area contributed by atoms with E-state index in [1.807, 2.05) is 0 Å². The van der Waals surface area contributed by atoms with Crippen LogP contribution in [0.15, 0.2) is 0 Å². The molecular weight excluding hydrogens is 262 g/mol. The SMILES string of the molecule is CC(C)CCN(C1CC1)S(=O)(=O)N1CCCNCC1. The standard InChI is InChI=1S/C13H27N3O2S/c1-12(2)6-10-16(13-4-5-13)19(17,18)15-9-3-7-14-8-11-15/h12-14H,3-11H2,1-2H3. The van der Waals surface area contributed by atoms with Crippen molar-refractivity contribution in [1.82, 2.24) is 13.9 Å². The molecular formula is C13H27N3O2S. The van der Waals surface area contributed by atoms with Crippen LogP contribution >= 0.6 is 0 Å². The van der Waals surface area contributed by atoms with Crippen LogP contribution in [0.1, 0.15) is 39.5 Å². The lowest BCUT2D eigenvalue weighted by Crippen LogP contribution is -2.46. The van der Waals surface area contributed by atoms with Gasteiger partial charge in [-0.3, -0.25) is 0 Å². The summed E-state index contributed by atoms with van der Waals surface area (Å²) in [4.78, 5) is 0. The van der Waals surface area contributed by atoms with Crippen LogP contribution in [-0.4, -0.2) is 55.8 Å². The summed E-state index contributed by atoms with van der Waals surface area (Å²) in [5.41, 5.74) is 0. The Morgan fingerprint density at radius 3 is 2.63 bits per heavy atom. The fourth-order valence-electron chi connectivity index (χ4n) is 2.43. The van der Waals surface area contributed by atoms with Crippen LogP contribution < -0.4 is 5.32 Å². The average Bonchev–Trinajstić information content (AvgIpc) is 3.15. The van der Waals surface area contributed by atoms with E-state index in [1.54, 1.807) is 8.61 Å². The van der Waals surface area contributed by atoms with Gasteiger partial charge in [-0.25, -0.2) is 0 Å². The topological polar surface area (TPSA) is 52.7 Å². The monoisotopic (exact) mass is 289 g/mol. The summed E-state index contributed by atoms with van der Waals surface area (Å²) in [7, 11) is -3.25. The first-order chi connectivity index (χ1) is 9.01. The summed E-state index contributed by atoms with van der Waals surface area (Å²) in [6.07, 6.45) is 3.91. The van der Waals surface area contributed by atoms with E-state index >= 15 is 0 Å². The third kappa shape index (κ3) is 4.15. The highest BCUT2D eigenvalue weighted by molar-refractivity contribution is 7.86. The highest BCUT2D eigenvalue weighted by Gasteiger charge is 2.40. The van der Waals surface area contributed by atoms with Gasteiger partial charge in [-0.2, -0.15) is 17.0 Å². The number of nitrogens with zero attached hydrogens (tertiary/aromatic N) is 2. The summed E-state index contributed by atoms with van der Waals surface area (Å²) in [5.74, 6) is 0.544. The molecule has 0 amide bonds. The molecule has 0 unspecified atom stereocenters. The van der Waals surface area contributed by atoms with E-state index in [9.17, 15) is 8.42 Å². The first kappa shape index (κ1) is 15.2. The van der Waals surface area contributed by atoms with Crippen molar-refractivity contribution in [2.75, 3.05) is 32.7 Å². The second kappa shape index (κ2) is 6.52. The summed E-state index contributed by atoms with van der Waals surface area (Å²) >= 11 is 0. The molecule has 0 spiro atoms. The number of hydrogen-bond acceptors (Lipinski definition) is 3. The minimum atomic E-state index is -3.25. The second-order valence-electron chi connectivity index (χ2n) is 6.03. The van der Waals surface area contributed by atoms with Gasteiger partial charge < -0.3 is 5.32 Å². The first-order valence-electron chi connectivity index (χ1n) is 7.49. The Morgan fingerprint density at radius 1 is 1.26 bits per heavy atom. The minimum Gasteiger partial charge on any atom is -0.315 e. The Morgan fingerprint density at radius 2 is 2.00 bits per heavy atom. The molecule has 2 fully saturated rings. The Hall–Kier alpha value is -0.170. The van der Waals surface area contributed by atoms with Gasteiger partial charge in [-0.1, -0.05) is 13.8 Å². The van der Waals surface area contributed by atoms with Gasteiger partial charge in [0.05, 0.1) is 0 Å². The molecule has 6 heteroatoms. The van der Waals surface area contributed by atoms with Crippen LogP contribution in [-0.2, 0) is 10.2 Å². The van der Waals surface area contributed by atoms with Gasteiger partial charge in [0.25, 0.3) is 10.2 Å². The van der Waals surface area contributed by atoms with E-state index in [0.717, 1.165) is 38.8 Å². The van der Waals surface area contributed by atoms with E-state index in [-0.39, 0.29) is 6.04 Å². The molecule has 1 aliphatic heterocycles. The molecule has 112 valence electrons. The van der Waals surface area contributed by atoms with Crippen molar-refractivity contribution in [3.8, 4) is 0 Å². The minimum absolute atomic E-state index is 0.264. The number of hydrogen-bond donors (Lipinski definition) is 1. The van der Waals surface area contributed by atoms with Crippen LogP contribution in [0.4, 0.5) is 0 Å². The molecule has 0 atom stereocenters. The maximum absolute atomic E-state index is 12.8. The summed E-state index contributed by atoms with van der Waals surface area (Å²) in [6.45, 7) is 7.91. The van der Waals surface area contributed by atoms with Crippen LogP contribution in [0.3, 0.4) is 0 Å². The molecule has 1 N–H and O–H groups in total. The smallest absolute Gasteiger partial charge is 0.282 e. The summed E-state index contributed by atoms with van der Waals surface area (Å²) in [5, 5.41) is 3.26. The fourth-order valence-corrected chi connectivity index (χ4v) is 4.34. The summed E-state index contributed by atoms with van der Waals surface area (Å²) in [6, 6.07) is 0.264. The van der Waals surface area contributed by atoms with E-state index in [0.29, 0.717) is 25.6 Å². The van der Waals surface area contributed by atoms with E-state index in [4.69, 9.17) is 0 Å². The van der Waals surface area contributed by atoms with Crippen molar-refractivity contribution in [2.45, 2.75) is 45.6 Å². The van der Waals surface area contributed by atoms with Crippen molar-refractivity contribution in [3.63, 3.8) is 0 Å². The zero-order valence-electron chi connectivity index (χ0n) is 12.1. The van der Waals surface area contributed by atoms with E-state index < -0.39 is 10.2 Å². The van der Waals surface area contributed by atoms with Gasteiger partial charge in [-0.15, -0.1) is 0 Å². The number of rotatable bonds is 6. The molecule has 19 heavy (non-hydrogen) atoms. The van der Waals surface area contributed by atoms with Crippen molar-refractivity contribution < 1.29 is 8.42 Å². The fraction of sp³-hybridized carbons (Fsp3) is 1.00. The van der Waals surface area contributed by atoms with Crippen LogP contribution in [0.2, 0.25) is 0 Å². The predicted octanol–water partition coefficient (Wildman–Crippen LogP) is 1.04. The Bertz CT molecular complexity index is 371. The molecule has 1 saturated heterocycles. The van der Waals surface area contributed by atoms with Crippen LogP contribution in [0.5, 0.6) is 0 Å².